The van der Waals surface area contributed by atoms with Crippen LogP contribution in [0.5, 0.6) is 0 Å². The first kappa shape index (κ1) is 13.1. The van der Waals surface area contributed by atoms with E-state index in [1.165, 1.54) is 6.92 Å². The van der Waals surface area contributed by atoms with E-state index in [1.807, 2.05) is 36.4 Å². The molecule has 19 heavy (non-hydrogen) atoms. The number of fused-ring (bicyclic) bond motifs is 1. The van der Waals surface area contributed by atoms with Crippen molar-refractivity contribution in [2.45, 2.75) is 6.92 Å². The molecule has 2 amide bonds. The zero-order valence-corrected chi connectivity index (χ0v) is 10.8. The van der Waals surface area contributed by atoms with Crippen LogP contribution in [0.15, 0.2) is 42.5 Å². The minimum atomic E-state index is -0.123. The lowest BCUT2D eigenvalue weighted by Crippen LogP contribution is -2.33. The van der Waals surface area contributed by atoms with Crippen molar-refractivity contribution in [1.82, 2.24) is 10.6 Å². The summed E-state index contributed by atoms with van der Waals surface area (Å²) in [4.78, 5) is 22.8. The highest BCUT2D eigenvalue weighted by Crippen LogP contribution is 2.18. The maximum atomic E-state index is 12.1. The fourth-order valence-electron chi connectivity index (χ4n) is 1.93. The third-order valence-corrected chi connectivity index (χ3v) is 2.82. The summed E-state index contributed by atoms with van der Waals surface area (Å²) in [6.07, 6.45) is 0. The van der Waals surface area contributed by atoms with E-state index < -0.39 is 0 Å². The fourth-order valence-corrected chi connectivity index (χ4v) is 1.93. The van der Waals surface area contributed by atoms with Crippen molar-refractivity contribution >= 4 is 22.6 Å². The van der Waals surface area contributed by atoms with E-state index in [2.05, 4.69) is 10.6 Å². The van der Waals surface area contributed by atoms with Gasteiger partial charge in [-0.1, -0.05) is 36.4 Å². The van der Waals surface area contributed by atoms with Gasteiger partial charge in [0.25, 0.3) is 5.91 Å². The molecule has 0 aliphatic heterocycles. The Kier molecular flexibility index (Phi) is 4.13. The lowest BCUT2D eigenvalue weighted by Gasteiger charge is -2.08. The van der Waals surface area contributed by atoms with E-state index in [9.17, 15) is 9.59 Å². The van der Waals surface area contributed by atoms with Crippen LogP contribution in [-0.2, 0) is 4.79 Å². The molecule has 0 saturated carbocycles. The van der Waals surface area contributed by atoms with Crippen LogP contribution in [0.25, 0.3) is 10.8 Å². The molecule has 0 heterocycles. The molecule has 2 aromatic rings. The van der Waals surface area contributed by atoms with Crippen LogP contribution in [0.4, 0.5) is 0 Å². The molecule has 2 rings (SSSR count). The predicted molar refractivity (Wildman–Crippen MR) is 75.0 cm³/mol. The van der Waals surface area contributed by atoms with Crippen LogP contribution in [0.2, 0.25) is 0 Å². The molecule has 0 aromatic heterocycles. The van der Waals surface area contributed by atoms with Crippen LogP contribution < -0.4 is 10.6 Å². The van der Waals surface area contributed by atoms with Gasteiger partial charge in [0, 0.05) is 25.6 Å². The molecule has 98 valence electrons. The highest BCUT2D eigenvalue weighted by Gasteiger charge is 2.08. The summed E-state index contributed by atoms with van der Waals surface area (Å²) in [6, 6.07) is 13.4. The van der Waals surface area contributed by atoms with E-state index in [1.54, 1.807) is 6.07 Å². The van der Waals surface area contributed by atoms with Gasteiger partial charge in [0.05, 0.1) is 0 Å². The van der Waals surface area contributed by atoms with Crippen molar-refractivity contribution in [3.05, 3.63) is 48.0 Å². The Morgan fingerprint density at radius 2 is 1.63 bits per heavy atom. The summed E-state index contributed by atoms with van der Waals surface area (Å²) in [6.45, 7) is 2.31. The zero-order chi connectivity index (χ0) is 13.7. The van der Waals surface area contributed by atoms with Gasteiger partial charge in [0.1, 0.15) is 0 Å². The largest absolute Gasteiger partial charge is 0.355 e. The SMILES string of the molecule is CC(=O)NCCNC(=O)c1cccc2ccccc12. The monoisotopic (exact) mass is 256 g/mol. The normalized spacial score (nSPS) is 10.2. The number of nitrogens with one attached hydrogen (secondary N) is 2. The first-order valence-corrected chi connectivity index (χ1v) is 6.19. The molecule has 2 N–H and O–H groups in total. The molecule has 0 saturated heterocycles. The molecule has 4 nitrogen and oxygen atoms in total. The molecule has 2 aromatic carbocycles. The molecule has 0 atom stereocenters. The lowest BCUT2D eigenvalue weighted by molar-refractivity contribution is -0.118. The highest BCUT2D eigenvalue weighted by molar-refractivity contribution is 6.06. The zero-order valence-electron chi connectivity index (χ0n) is 10.8. The molecule has 0 aliphatic rings. The van der Waals surface area contributed by atoms with Crippen LogP contribution in [0.1, 0.15) is 17.3 Å². The number of amides is 2. The smallest absolute Gasteiger partial charge is 0.251 e. The Morgan fingerprint density at radius 1 is 0.947 bits per heavy atom. The summed E-state index contributed by atoms with van der Waals surface area (Å²) in [5.41, 5.74) is 0.654. The minimum absolute atomic E-state index is 0.0978. The molecule has 0 bridgehead atoms. The summed E-state index contributed by atoms with van der Waals surface area (Å²) in [5.74, 6) is -0.221. The molecular formula is C15H16N2O2. The van der Waals surface area contributed by atoms with Gasteiger partial charge in [-0.3, -0.25) is 9.59 Å². The van der Waals surface area contributed by atoms with E-state index in [-0.39, 0.29) is 11.8 Å². The molecule has 0 unspecified atom stereocenters. The van der Waals surface area contributed by atoms with Crippen LogP contribution in [0.3, 0.4) is 0 Å². The second-order valence-corrected chi connectivity index (χ2v) is 4.27. The van der Waals surface area contributed by atoms with Gasteiger partial charge in [-0.2, -0.15) is 0 Å². The molecular weight excluding hydrogens is 240 g/mol. The number of carbonyl (C=O) groups is 2. The van der Waals surface area contributed by atoms with Gasteiger partial charge < -0.3 is 10.6 Å². The molecule has 0 radical (unpaired) electrons. The van der Waals surface area contributed by atoms with Crippen molar-refractivity contribution in [2.24, 2.45) is 0 Å². The third-order valence-electron chi connectivity index (χ3n) is 2.82. The summed E-state index contributed by atoms with van der Waals surface area (Å²) in [7, 11) is 0. The summed E-state index contributed by atoms with van der Waals surface area (Å²) in [5, 5.41) is 7.40. The average molecular weight is 256 g/mol. The first-order valence-electron chi connectivity index (χ1n) is 6.19. The predicted octanol–water partition coefficient (Wildman–Crippen LogP) is 1.71. The standard InChI is InChI=1S/C15H16N2O2/c1-11(18)16-9-10-17-15(19)14-8-4-6-12-5-2-3-7-13(12)14/h2-8H,9-10H2,1H3,(H,16,18)(H,17,19). The van der Waals surface area contributed by atoms with Crippen LogP contribution in [0, 0.1) is 0 Å². The van der Waals surface area contributed by atoms with E-state index in [0.29, 0.717) is 18.7 Å². The van der Waals surface area contributed by atoms with Gasteiger partial charge in [0.15, 0.2) is 0 Å². The quantitative estimate of drug-likeness (QED) is 0.818. The Hall–Kier alpha value is -2.36. The van der Waals surface area contributed by atoms with Crippen molar-refractivity contribution in [1.29, 1.82) is 0 Å². The average Bonchev–Trinajstić information content (AvgIpc) is 2.42. The van der Waals surface area contributed by atoms with Gasteiger partial charge in [-0.25, -0.2) is 0 Å². The molecule has 0 spiro atoms. The first-order chi connectivity index (χ1) is 9.18. The van der Waals surface area contributed by atoms with Gasteiger partial charge in [0.2, 0.25) is 5.91 Å². The number of benzene rings is 2. The van der Waals surface area contributed by atoms with E-state index >= 15 is 0 Å². The van der Waals surface area contributed by atoms with E-state index in [0.717, 1.165) is 10.8 Å². The minimum Gasteiger partial charge on any atom is -0.355 e. The van der Waals surface area contributed by atoms with Crippen molar-refractivity contribution in [3.8, 4) is 0 Å². The van der Waals surface area contributed by atoms with Crippen LogP contribution in [-0.4, -0.2) is 24.9 Å². The molecule has 0 fully saturated rings. The Labute approximate surface area is 111 Å². The maximum Gasteiger partial charge on any atom is 0.251 e. The number of hydrogen-bond acceptors (Lipinski definition) is 2. The topological polar surface area (TPSA) is 58.2 Å². The highest BCUT2D eigenvalue weighted by atomic mass is 16.2. The second-order valence-electron chi connectivity index (χ2n) is 4.27. The third kappa shape index (κ3) is 3.31. The Bertz CT molecular complexity index is 603. The molecule has 0 aliphatic carbocycles. The number of carbonyl (C=O) groups excluding carboxylic acids is 2. The summed E-state index contributed by atoms with van der Waals surface area (Å²) < 4.78 is 0. The second kappa shape index (κ2) is 6.00. The van der Waals surface area contributed by atoms with E-state index in [4.69, 9.17) is 0 Å². The number of rotatable bonds is 4. The Morgan fingerprint density at radius 3 is 2.42 bits per heavy atom. The van der Waals surface area contributed by atoms with Crippen molar-refractivity contribution in [2.75, 3.05) is 13.1 Å². The van der Waals surface area contributed by atoms with Gasteiger partial charge >= 0.3 is 0 Å². The maximum absolute atomic E-state index is 12.1. The fraction of sp³-hybridized carbons (Fsp3) is 0.200. The Balaban J connectivity index is 2.07. The van der Waals surface area contributed by atoms with Crippen molar-refractivity contribution in [3.63, 3.8) is 0 Å². The van der Waals surface area contributed by atoms with Crippen molar-refractivity contribution < 1.29 is 9.59 Å². The molecule has 4 heteroatoms. The van der Waals surface area contributed by atoms with Crippen LogP contribution >= 0.6 is 0 Å². The van der Waals surface area contributed by atoms with Gasteiger partial charge in [-0.05, 0) is 16.8 Å². The number of hydrogen-bond donors (Lipinski definition) is 2. The van der Waals surface area contributed by atoms with Gasteiger partial charge in [-0.15, -0.1) is 0 Å². The summed E-state index contributed by atoms with van der Waals surface area (Å²) >= 11 is 0. The lowest BCUT2D eigenvalue weighted by atomic mass is 10.0.